The largest absolute Gasteiger partial charge is 0.316 e. The van der Waals surface area contributed by atoms with Crippen LogP contribution < -0.4 is 10.6 Å². The first-order valence-electron chi connectivity index (χ1n) is 6.77. The van der Waals surface area contributed by atoms with Gasteiger partial charge >= 0.3 is 0 Å². The van der Waals surface area contributed by atoms with E-state index in [-0.39, 0.29) is 5.91 Å². The van der Waals surface area contributed by atoms with Gasteiger partial charge in [0.1, 0.15) is 5.82 Å². The maximum atomic E-state index is 12.0. The van der Waals surface area contributed by atoms with Gasteiger partial charge in [-0.05, 0) is 49.9 Å². The van der Waals surface area contributed by atoms with Crippen molar-refractivity contribution in [2.24, 2.45) is 11.8 Å². The number of amides is 1. The fourth-order valence-electron chi connectivity index (χ4n) is 2.49. The molecule has 1 amide bonds. The van der Waals surface area contributed by atoms with Crippen LogP contribution in [0.5, 0.6) is 0 Å². The Balaban J connectivity index is 1.83. The Bertz CT molecular complexity index is 432. The van der Waals surface area contributed by atoms with Crippen molar-refractivity contribution in [3.8, 4) is 0 Å². The number of nitrogens with one attached hydrogen (secondary N) is 2. The quantitative estimate of drug-likeness (QED) is 0.892. The van der Waals surface area contributed by atoms with Gasteiger partial charge < -0.3 is 10.6 Å². The van der Waals surface area contributed by atoms with Crippen molar-refractivity contribution in [3.05, 3.63) is 23.4 Å². The molecule has 2 rings (SSSR count). The van der Waals surface area contributed by atoms with Crippen LogP contribution in [0.25, 0.3) is 0 Å². The summed E-state index contributed by atoms with van der Waals surface area (Å²) in [5.74, 6) is 1.50. The van der Waals surface area contributed by atoms with E-state index in [1.54, 1.807) is 18.3 Å². The lowest BCUT2D eigenvalue weighted by molar-refractivity contribution is -0.117. The summed E-state index contributed by atoms with van der Waals surface area (Å²) in [4.78, 5) is 16.0. The van der Waals surface area contributed by atoms with Crippen molar-refractivity contribution < 1.29 is 4.79 Å². The molecule has 104 valence electrons. The van der Waals surface area contributed by atoms with Gasteiger partial charge in [0.05, 0.1) is 0 Å². The third-order valence-electron chi connectivity index (χ3n) is 3.64. The van der Waals surface area contributed by atoms with Gasteiger partial charge in [0, 0.05) is 17.6 Å². The highest BCUT2D eigenvalue weighted by Gasteiger charge is 2.22. The molecule has 4 nitrogen and oxygen atoms in total. The molecule has 5 heteroatoms. The zero-order valence-corrected chi connectivity index (χ0v) is 11.9. The predicted octanol–water partition coefficient (Wildman–Crippen LogP) is 2.70. The van der Waals surface area contributed by atoms with Crippen LogP contribution in [0.1, 0.15) is 26.2 Å². The first kappa shape index (κ1) is 14.3. The predicted molar refractivity (Wildman–Crippen MR) is 77.3 cm³/mol. The molecule has 19 heavy (non-hydrogen) atoms. The zero-order valence-electron chi connectivity index (χ0n) is 11.2. The Morgan fingerprint density at radius 3 is 3.21 bits per heavy atom. The van der Waals surface area contributed by atoms with Crippen LogP contribution in [0.2, 0.25) is 5.02 Å². The normalized spacial score (nSPS) is 20.8. The van der Waals surface area contributed by atoms with E-state index in [2.05, 4.69) is 22.5 Å². The highest BCUT2D eigenvalue weighted by Crippen LogP contribution is 2.23. The summed E-state index contributed by atoms with van der Waals surface area (Å²) in [5, 5.41) is 6.76. The van der Waals surface area contributed by atoms with Gasteiger partial charge in [0.25, 0.3) is 0 Å². The van der Waals surface area contributed by atoms with Gasteiger partial charge in [-0.25, -0.2) is 4.98 Å². The summed E-state index contributed by atoms with van der Waals surface area (Å²) in [7, 11) is 0. The number of halogens is 1. The summed E-state index contributed by atoms with van der Waals surface area (Å²) < 4.78 is 0. The molecule has 1 fully saturated rings. The third kappa shape index (κ3) is 4.48. The SMILES string of the molecule is CC(CC(=O)Nc1cc(Cl)ccn1)C1CCCNC1. The second-order valence-corrected chi connectivity index (χ2v) is 5.63. The molecule has 1 aromatic heterocycles. The van der Waals surface area contributed by atoms with Crippen LogP contribution in [0.3, 0.4) is 0 Å². The number of rotatable bonds is 4. The summed E-state index contributed by atoms with van der Waals surface area (Å²) in [6, 6.07) is 3.35. The number of carbonyl (C=O) groups excluding carboxylic acids is 1. The average molecular weight is 282 g/mol. The van der Waals surface area contributed by atoms with Crippen LogP contribution in [-0.2, 0) is 4.79 Å². The van der Waals surface area contributed by atoms with E-state index in [1.807, 2.05) is 0 Å². The lowest BCUT2D eigenvalue weighted by atomic mass is 9.85. The van der Waals surface area contributed by atoms with E-state index in [9.17, 15) is 4.79 Å². The molecular weight excluding hydrogens is 262 g/mol. The van der Waals surface area contributed by atoms with Gasteiger partial charge in [-0.1, -0.05) is 18.5 Å². The summed E-state index contributed by atoms with van der Waals surface area (Å²) >= 11 is 5.86. The molecule has 0 saturated carbocycles. The second-order valence-electron chi connectivity index (χ2n) is 5.20. The average Bonchev–Trinajstić information content (AvgIpc) is 2.39. The minimum absolute atomic E-state index is 0.00726. The number of hydrogen-bond acceptors (Lipinski definition) is 3. The summed E-state index contributed by atoms with van der Waals surface area (Å²) in [6.07, 6.45) is 4.52. The first-order chi connectivity index (χ1) is 9.15. The third-order valence-corrected chi connectivity index (χ3v) is 3.87. The maximum Gasteiger partial charge on any atom is 0.225 e. The van der Waals surface area contributed by atoms with Crippen molar-refractivity contribution >= 4 is 23.3 Å². The molecule has 0 aromatic carbocycles. The Morgan fingerprint density at radius 1 is 1.68 bits per heavy atom. The second kappa shape index (κ2) is 6.87. The molecule has 2 N–H and O–H groups in total. The minimum Gasteiger partial charge on any atom is -0.316 e. The van der Waals surface area contributed by atoms with E-state index in [0.29, 0.717) is 29.1 Å². The highest BCUT2D eigenvalue weighted by atomic mass is 35.5. The van der Waals surface area contributed by atoms with Gasteiger partial charge in [-0.2, -0.15) is 0 Å². The van der Waals surface area contributed by atoms with Crippen molar-refractivity contribution in [3.63, 3.8) is 0 Å². The Kier molecular flexibility index (Phi) is 5.16. The number of carbonyl (C=O) groups is 1. The lowest BCUT2D eigenvalue weighted by Crippen LogP contribution is -2.34. The Morgan fingerprint density at radius 2 is 2.53 bits per heavy atom. The molecule has 0 spiro atoms. The van der Waals surface area contributed by atoms with Crippen LogP contribution in [-0.4, -0.2) is 24.0 Å². The molecule has 1 saturated heterocycles. The van der Waals surface area contributed by atoms with Gasteiger partial charge in [-0.3, -0.25) is 4.79 Å². The molecule has 0 radical (unpaired) electrons. The van der Waals surface area contributed by atoms with Crippen LogP contribution in [0, 0.1) is 11.8 Å². The number of piperidine rings is 1. The number of nitrogens with zero attached hydrogens (tertiary/aromatic N) is 1. The highest BCUT2D eigenvalue weighted by molar-refractivity contribution is 6.30. The van der Waals surface area contributed by atoms with Crippen molar-refractivity contribution in [2.75, 3.05) is 18.4 Å². The Labute approximate surface area is 118 Å². The van der Waals surface area contributed by atoms with Gasteiger partial charge in [-0.15, -0.1) is 0 Å². The molecule has 2 atom stereocenters. The summed E-state index contributed by atoms with van der Waals surface area (Å²) in [5.41, 5.74) is 0. The fourth-order valence-corrected chi connectivity index (χ4v) is 2.65. The summed E-state index contributed by atoms with van der Waals surface area (Å²) in [6.45, 7) is 4.26. The Hall–Kier alpha value is -1.13. The minimum atomic E-state index is 0.00726. The maximum absolute atomic E-state index is 12.0. The van der Waals surface area contributed by atoms with E-state index < -0.39 is 0 Å². The zero-order chi connectivity index (χ0) is 13.7. The first-order valence-corrected chi connectivity index (χ1v) is 7.15. The molecular formula is C14H20ClN3O. The molecule has 2 unspecified atom stereocenters. The van der Waals surface area contributed by atoms with Crippen molar-refractivity contribution in [1.82, 2.24) is 10.3 Å². The molecule has 0 bridgehead atoms. The molecule has 1 aliphatic rings. The van der Waals surface area contributed by atoms with E-state index in [1.165, 1.54) is 12.8 Å². The van der Waals surface area contributed by atoms with Crippen molar-refractivity contribution in [2.45, 2.75) is 26.2 Å². The smallest absolute Gasteiger partial charge is 0.225 e. The van der Waals surface area contributed by atoms with Crippen LogP contribution in [0.15, 0.2) is 18.3 Å². The van der Waals surface area contributed by atoms with Gasteiger partial charge in [0.15, 0.2) is 0 Å². The van der Waals surface area contributed by atoms with Crippen LogP contribution >= 0.6 is 11.6 Å². The number of hydrogen-bond donors (Lipinski definition) is 2. The number of pyridine rings is 1. The molecule has 1 aliphatic heterocycles. The monoisotopic (exact) mass is 281 g/mol. The van der Waals surface area contributed by atoms with E-state index in [4.69, 9.17) is 11.6 Å². The number of anilines is 1. The standard InChI is InChI=1S/C14H20ClN3O/c1-10(11-3-2-5-16-9-11)7-14(19)18-13-8-12(15)4-6-17-13/h4,6,8,10-11,16H,2-3,5,7,9H2,1H3,(H,17,18,19). The van der Waals surface area contributed by atoms with Crippen molar-refractivity contribution in [1.29, 1.82) is 0 Å². The van der Waals surface area contributed by atoms with Gasteiger partial charge in [0.2, 0.25) is 5.91 Å². The molecule has 1 aromatic rings. The molecule has 2 heterocycles. The number of aromatic nitrogens is 1. The fraction of sp³-hybridized carbons (Fsp3) is 0.571. The van der Waals surface area contributed by atoms with Crippen LogP contribution in [0.4, 0.5) is 5.82 Å². The topological polar surface area (TPSA) is 54.0 Å². The molecule has 0 aliphatic carbocycles. The van der Waals surface area contributed by atoms with E-state index in [0.717, 1.165) is 13.1 Å². The lowest BCUT2D eigenvalue weighted by Gasteiger charge is -2.27. The van der Waals surface area contributed by atoms with E-state index >= 15 is 0 Å².